The van der Waals surface area contributed by atoms with Crippen LogP contribution < -0.4 is 5.73 Å². The van der Waals surface area contributed by atoms with Crippen molar-refractivity contribution < 1.29 is 0 Å². The van der Waals surface area contributed by atoms with Crippen molar-refractivity contribution in [1.29, 1.82) is 0 Å². The van der Waals surface area contributed by atoms with E-state index < -0.39 is 0 Å². The lowest BCUT2D eigenvalue weighted by Gasteiger charge is -2.22. The first kappa shape index (κ1) is 13.6. The average Bonchev–Trinajstić information content (AvgIpc) is 2.91. The summed E-state index contributed by atoms with van der Waals surface area (Å²) in [5, 5.41) is 0. The maximum atomic E-state index is 6.41. The second kappa shape index (κ2) is 5.96. The molecule has 0 spiro atoms. The summed E-state index contributed by atoms with van der Waals surface area (Å²) in [7, 11) is 0. The number of hydrogen-bond donors (Lipinski definition) is 1. The van der Waals surface area contributed by atoms with E-state index >= 15 is 0 Å². The topological polar surface area (TPSA) is 43.3 Å². The summed E-state index contributed by atoms with van der Waals surface area (Å²) in [5.74, 6) is 0.899. The Labute approximate surface area is 121 Å². The van der Waals surface area contributed by atoms with Crippen molar-refractivity contribution in [1.82, 2.24) is 9.38 Å². The molecule has 2 aromatic heterocycles. The van der Waals surface area contributed by atoms with E-state index in [-0.39, 0.29) is 6.04 Å². The molecule has 1 saturated carbocycles. The molecule has 20 heavy (non-hydrogen) atoms. The van der Waals surface area contributed by atoms with Crippen molar-refractivity contribution in [3.8, 4) is 0 Å². The molecule has 2 heterocycles. The van der Waals surface area contributed by atoms with Crippen molar-refractivity contribution in [2.45, 2.75) is 57.9 Å². The van der Waals surface area contributed by atoms with Gasteiger partial charge in [0.1, 0.15) is 5.65 Å². The minimum absolute atomic E-state index is 0.105. The predicted octanol–water partition coefficient (Wildman–Crippen LogP) is 4.00. The van der Waals surface area contributed by atoms with Gasteiger partial charge in [-0.1, -0.05) is 38.2 Å². The fourth-order valence-corrected chi connectivity index (χ4v) is 3.48. The molecule has 3 nitrogen and oxygen atoms in total. The molecule has 0 aromatic carbocycles. The SMILES string of the molecule is Cc1cccn2c(C(N)CCC3CCCCC3)cnc12. The van der Waals surface area contributed by atoms with Crippen molar-refractivity contribution >= 4 is 5.65 Å². The van der Waals surface area contributed by atoms with Gasteiger partial charge in [0.2, 0.25) is 0 Å². The number of imidazole rings is 1. The molecule has 2 N–H and O–H groups in total. The molecule has 0 amide bonds. The van der Waals surface area contributed by atoms with Crippen LogP contribution in [0.4, 0.5) is 0 Å². The highest BCUT2D eigenvalue weighted by Gasteiger charge is 2.17. The van der Waals surface area contributed by atoms with Crippen LogP contribution in [0, 0.1) is 12.8 Å². The molecule has 1 atom stereocenters. The summed E-state index contributed by atoms with van der Waals surface area (Å²) in [6.45, 7) is 2.10. The van der Waals surface area contributed by atoms with Gasteiger partial charge in [-0.3, -0.25) is 0 Å². The summed E-state index contributed by atoms with van der Waals surface area (Å²) in [4.78, 5) is 4.52. The first-order valence-corrected chi connectivity index (χ1v) is 7.94. The van der Waals surface area contributed by atoms with Gasteiger partial charge in [0.25, 0.3) is 0 Å². The predicted molar refractivity (Wildman–Crippen MR) is 82.7 cm³/mol. The minimum Gasteiger partial charge on any atom is -0.323 e. The second-order valence-corrected chi connectivity index (χ2v) is 6.26. The van der Waals surface area contributed by atoms with Crippen LogP contribution in [0.2, 0.25) is 0 Å². The van der Waals surface area contributed by atoms with Crippen LogP contribution in [0.5, 0.6) is 0 Å². The van der Waals surface area contributed by atoms with Gasteiger partial charge in [-0.25, -0.2) is 4.98 Å². The number of aromatic nitrogens is 2. The molecule has 0 aliphatic heterocycles. The maximum absolute atomic E-state index is 6.41. The second-order valence-electron chi connectivity index (χ2n) is 6.26. The van der Waals surface area contributed by atoms with Crippen molar-refractivity contribution in [3.63, 3.8) is 0 Å². The standard InChI is InChI=1S/C17H25N3/c1-13-6-5-11-20-16(12-19-17(13)20)15(18)10-9-14-7-3-2-4-8-14/h5-6,11-12,14-15H,2-4,7-10,18H2,1H3. The van der Waals surface area contributed by atoms with Gasteiger partial charge >= 0.3 is 0 Å². The number of nitrogens with two attached hydrogens (primary N) is 1. The highest BCUT2D eigenvalue weighted by atomic mass is 15.0. The molecular weight excluding hydrogens is 246 g/mol. The number of aryl methyl sites for hydroxylation is 1. The lowest BCUT2D eigenvalue weighted by molar-refractivity contribution is 0.323. The Morgan fingerprint density at radius 2 is 2.15 bits per heavy atom. The summed E-state index contributed by atoms with van der Waals surface area (Å²) < 4.78 is 2.15. The van der Waals surface area contributed by atoms with Gasteiger partial charge in [0.05, 0.1) is 11.9 Å². The van der Waals surface area contributed by atoms with Crippen LogP contribution >= 0.6 is 0 Å². The summed E-state index contributed by atoms with van der Waals surface area (Å²) in [6.07, 6.45) is 13.4. The van der Waals surface area contributed by atoms with Crippen molar-refractivity contribution in [3.05, 3.63) is 35.8 Å². The van der Waals surface area contributed by atoms with E-state index in [1.807, 2.05) is 6.20 Å². The molecule has 1 unspecified atom stereocenters. The van der Waals surface area contributed by atoms with E-state index in [1.54, 1.807) is 0 Å². The van der Waals surface area contributed by atoms with E-state index in [1.165, 1.54) is 44.1 Å². The van der Waals surface area contributed by atoms with Crippen molar-refractivity contribution in [2.24, 2.45) is 11.7 Å². The van der Waals surface area contributed by atoms with E-state index in [0.717, 1.165) is 23.7 Å². The molecular formula is C17H25N3. The van der Waals surface area contributed by atoms with Crippen LogP contribution in [-0.4, -0.2) is 9.38 Å². The average molecular weight is 271 g/mol. The fraction of sp³-hybridized carbons (Fsp3) is 0.588. The monoisotopic (exact) mass is 271 g/mol. The van der Waals surface area contributed by atoms with Crippen LogP contribution in [0.1, 0.15) is 62.2 Å². The Morgan fingerprint density at radius 3 is 2.95 bits per heavy atom. The molecule has 108 valence electrons. The smallest absolute Gasteiger partial charge is 0.139 e. The lowest BCUT2D eigenvalue weighted by Crippen LogP contribution is -2.15. The van der Waals surface area contributed by atoms with Crippen LogP contribution in [0.25, 0.3) is 5.65 Å². The summed E-state index contributed by atoms with van der Waals surface area (Å²) >= 11 is 0. The van der Waals surface area contributed by atoms with Crippen LogP contribution in [-0.2, 0) is 0 Å². The first-order valence-electron chi connectivity index (χ1n) is 7.94. The Morgan fingerprint density at radius 1 is 1.35 bits per heavy atom. The minimum atomic E-state index is 0.105. The third-order valence-electron chi connectivity index (χ3n) is 4.75. The molecule has 0 radical (unpaired) electrons. The molecule has 1 aliphatic carbocycles. The van der Waals surface area contributed by atoms with E-state index in [2.05, 4.69) is 34.6 Å². The van der Waals surface area contributed by atoms with Gasteiger partial charge in [-0.2, -0.15) is 0 Å². The number of fused-ring (bicyclic) bond motifs is 1. The number of pyridine rings is 1. The molecule has 0 bridgehead atoms. The van der Waals surface area contributed by atoms with Gasteiger partial charge in [0.15, 0.2) is 0 Å². The van der Waals surface area contributed by atoms with E-state index in [4.69, 9.17) is 5.73 Å². The Hall–Kier alpha value is -1.35. The Balaban J connectivity index is 1.69. The summed E-state index contributed by atoms with van der Waals surface area (Å²) in [6, 6.07) is 4.27. The zero-order valence-corrected chi connectivity index (χ0v) is 12.4. The zero-order chi connectivity index (χ0) is 13.9. The van der Waals surface area contributed by atoms with E-state index in [9.17, 15) is 0 Å². The third kappa shape index (κ3) is 2.73. The van der Waals surface area contributed by atoms with Crippen LogP contribution in [0.3, 0.4) is 0 Å². The van der Waals surface area contributed by atoms with Gasteiger partial charge < -0.3 is 10.1 Å². The number of rotatable bonds is 4. The highest BCUT2D eigenvalue weighted by molar-refractivity contribution is 5.48. The molecule has 1 fully saturated rings. The fourth-order valence-electron chi connectivity index (χ4n) is 3.48. The highest BCUT2D eigenvalue weighted by Crippen LogP contribution is 2.30. The number of nitrogens with zero attached hydrogens (tertiary/aromatic N) is 2. The molecule has 0 saturated heterocycles. The lowest BCUT2D eigenvalue weighted by atomic mass is 9.85. The van der Waals surface area contributed by atoms with Crippen molar-refractivity contribution in [2.75, 3.05) is 0 Å². The van der Waals surface area contributed by atoms with Gasteiger partial charge in [-0.05, 0) is 37.3 Å². The quantitative estimate of drug-likeness (QED) is 0.913. The molecule has 3 heteroatoms. The molecule has 3 rings (SSSR count). The summed E-state index contributed by atoms with van der Waals surface area (Å²) in [5.41, 5.74) is 9.81. The zero-order valence-electron chi connectivity index (χ0n) is 12.4. The third-order valence-corrected chi connectivity index (χ3v) is 4.75. The van der Waals surface area contributed by atoms with Gasteiger partial charge in [-0.15, -0.1) is 0 Å². The normalized spacial score (nSPS) is 18.5. The maximum Gasteiger partial charge on any atom is 0.139 e. The van der Waals surface area contributed by atoms with Crippen LogP contribution in [0.15, 0.2) is 24.5 Å². The molecule has 1 aliphatic rings. The van der Waals surface area contributed by atoms with Gasteiger partial charge in [0, 0.05) is 12.2 Å². The Bertz CT molecular complexity index is 567. The number of hydrogen-bond acceptors (Lipinski definition) is 2. The van der Waals surface area contributed by atoms with E-state index in [0.29, 0.717) is 0 Å². The first-order chi connectivity index (χ1) is 9.75. The largest absolute Gasteiger partial charge is 0.323 e. The molecule has 2 aromatic rings. The Kier molecular flexibility index (Phi) is 4.06.